The average molecular weight is 423 g/mol. The minimum Gasteiger partial charge on any atom is -0.445 e. The highest BCUT2D eigenvalue weighted by molar-refractivity contribution is 9.10. The van der Waals surface area contributed by atoms with Crippen LogP contribution in [0.25, 0.3) is 0 Å². The van der Waals surface area contributed by atoms with Gasteiger partial charge < -0.3 is 20.5 Å². The number of benzene rings is 2. The topological polar surface area (TPSA) is 75.8 Å². The second-order valence-corrected chi connectivity index (χ2v) is 7.38. The Labute approximate surface area is 159 Å². The van der Waals surface area contributed by atoms with Gasteiger partial charge in [-0.2, -0.15) is 0 Å². The zero-order chi connectivity index (χ0) is 18.7. The van der Waals surface area contributed by atoms with Crippen molar-refractivity contribution in [3.05, 3.63) is 69.9 Å². The fraction of sp³-hybridized carbons (Fsp3) is 0.316. The summed E-state index contributed by atoms with van der Waals surface area (Å²) in [6.45, 7) is 0.152. The first-order valence-electron chi connectivity index (χ1n) is 8.25. The summed E-state index contributed by atoms with van der Waals surface area (Å²) in [4.78, 5) is 13.8. The Morgan fingerprint density at radius 3 is 2.77 bits per heavy atom. The molecule has 0 spiro atoms. The molecule has 3 rings (SSSR count). The normalized spacial score (nSPS) is 22.5. The van der Waals surface area contributed by atoms with Gasteiger partial charge in [0.15, 0.2) is 0 Å². The van der Waals surface area contributed by atoms with Gasteiger partial charge >= 0.3 is 6.09 Å². The maximum absolute atomic E-state index is 14.4. The van der Waals surface area contributed by atoms with Gasteiger partial charge in [0.2, 0.25) is 0 Å². The molecule has 0 bridgehead atoms. The van der Waals surface area contributed by atoms with Crippen LogP contribution in [0.4, 0.5) is 9.18 Å². The number of amides is 1. The van der Waals surface area contributed by atoms with Crippen LogP contribution in [0.5, 0.6) is 0 Å². The van der Waals surface area contributed by atoms with Gasteiger partial charge in [0.05, 0.1) is 5.54 Å². The third-order valence-corrected chi connectivity index (χ3v) is 5.23. The molecule has 2 unspecified atom stereocenters. The molecule has 2 aromatic rings. The molecule has 1 amide bonds. The number of hydrogen-bond acceptors (Lipinski definition) is 4. The Balaban J connectivity index is 1.75. The summed E-state index contributed by atoms with van der Waals surface area (Å²) >= 11 is 3.31. The number of carbonyl (C=O) groups excluding carboxylic acids is 1. The summed E-state index contributed by atoms with van der Waals surface area (Å²) in [6, 6.07) is 13.8. The molecular weight excluding hydrogens is 403 g/mol. The lowest BCUT2D eigenvalue weighted by molar-refractivity contribution is 0.101. The molecule has 2 atom stereocenters. The Kier molecular flexibility index (Phi) is 5.60. The average Bonchev–Trinajstić information content (AvgIpc) is 3.00. The molecule has 1 aliphatic rings. The summed E-state index contributed by atoms with van der Waals surface area (Å²) in [5.41, 5.74) is 6.42. The third kappa shape index (κ3) is 3.75. The van der Waals surface area contributed by atoms with E-state index in [1.165, 1.54) is 11.0 Å². The number of rotatable bonds is 4. The van der Waals surface area contributed by atoms with Gasteiger partial charge in [-0.3, -0.25) is 0 Å². The van der Waals surface area contributed by atoms with E-state index < -0.39 is 23.4 Å². The molecule has 2 aromatic carbocycles. The Bertz CT molecular complexity index is 790. The van der Waals surface area contributed by atoms with Crippen molar-refractivity contribution in [3.8, 4) is 0 Å². The number of hydrogen-bond donors (Lipinski definition) is 2. The van der Waals surface area contributed by atoms with Crippen molar-refractivity contribution in [2.45, 2.75) is 12.1 Å². The van der Waals surface area contributed by atoms with E-state index >= 15 is 0 Å². The van der Waals surface area contributed by atoms with Gasteiger partial charge in [-0.1, -0.05) is 46.3 Å². The predicted molar refractivity (Wildman–Crippen MR) is 98.7 cm³/mol. The van der Waals surface area contributed by atoms with Crippen LogP contribution in [0.2, 0.25) is 0 Å². The minimum atomic E-state index is -1.19. The highest BCUT2D eigenvalue weighted by Gasteiger charge is 2.48. The number of aliphatic hydroxyl groups is 1. The first-order chi connectivity index (χ1) is 12.4. The molecule has 1 fully saturated rings. The molecule has 3 N–H and O–H groups in total. The standard InChI is InChI=1S/C19H20BrFN2O3/c20-15-6-7-17(21)16(8-15)19(22)12-23(9-14(19)10-24)18(25)26-11-13-4-2-1-3-5-13/h1-8,14,24H,9-12,22H2. The molecular formula is C19H20BrFN2O3. The van der Waals surface area contributed by atoms with Gasteiger partial charge in [-0.25, -0.2) is 9.18 Å². The second-order valence-electron chi connectivity index (χ2n) is 6.46. The molecule has 26 heavy (non-hydrogen) atoms. The highest BCUT2D eigenvalue weighted by Crippen LogP contribution is 2.37. The van der Waals surface area contributed by atoms with E-state index in [4.69, 9.17) is 10.5 Å². The molecule has 0 aromatic heterocycles. The van der Waals surface area contributed by atoms with Crippen molar-refractivity contribution >= 4 is 22.0 Å². The lowest BCUT2D eigenvalue weighted by Crippen LogP contribution is -2.47. The Morgan fingerprint density at radius 1 is 1.35 bits per heavy atom. The fourth-order valence-electron chi connectivity index (χ4n) is 3.27. The quantitative estimate of drug-likeness (QED) is 0.793. The largest absolute Gasteiger partial charge is 0.445 e. The van der Waals surface area contributed by atoms with Crippen molar-refractivity contribution in [2.75, 3.05) is 19.7 Å². The lowest BCUT2D eigenvalue weighted by atomic mass is 9.81. The molecule has 0 saturated carbocycles. The maximum Gasteiger partial charge on any atom is 0.410 e. The Morgan fingerprint density at radius 2 is 2.08 bits per heavy atom. The number of aliphatic hydroxyl groups excluding tert-OH is 1. The van der Waals surface area contributed by atoms with Gasteiger partial charge in [0.1, 0.15) is 12.4 Å². The lowest BCUT2D eigenvalue weighted by Gasteiger charge is -2.30. The van der Waals surface area contributed by atoms with Crippen molar-refractivity contribution in [2.24, 2.45) is 11.7 Å². The van der Waals surface area contributed by atoms with E-state index in [1.54, 1.807) is 12.1 Å². The molecule has 7 heteroatoms. The highest BCUT2D eigenvalue weighted by atomic mass is 79.9. The summed E-state index contributed by atoms with van der Waals surface area (Å²) in [5, 5.41) is 9.74. The van der Waals surface area contributed by atoms with Crippen LogP contribution in [0.15, 0.2) is 53.0 Å². The smallest absolute Gasteiger partial charge is 0.410 e. The van der Waals surface area contributed by atoms with Gasteiger partial charge in [-0.15, -0.1) is 0 Å². The summed E-state index contributed by atoms with van der Waals surface area (Å²) in [5.74, 6) is -0.954. The molecule has 1 heterocycles. The van der Waals surface area contributed by atoms with E-state index in [0.717, 1.165) is 5.56 Å². The van der Waals surface area contributed by atoms with Crippen LogP contribution in [0.1, 0.15) is 11.1 Å². The van der Waals surface area contributed by atoms with E-state index in [1.807, 2.05) is 30.3 Å². The molecule has 1 saturated heterocycles. The minimum absolute atomic E-state index is 0.0687. The number of carbonyl (C=O) groups is 1. The molecule has 0 aliphatic carbocycles. The van der Waals surface area contributed by atoms with Crippen molar-refractivity contribution in [3.63, 3.8) is 0 Å². The molecule has 138 valence electrons. The van der Waals surface area contributed by atoms with E-state index in [2.05, 4.69) is 15.9 Å². The number of nitrogens with zero attached hydrogens (tertiary/aromatic N) is 1. The molecule has 1 aliphatic heterocycles. The van der Waals surface area contributed by atoms with Crippen molar-refractivity contribution < 1.29 is 19.0 Å². The third-order valence-electron chi connectivity index (χ3n) is 4.74. The molecule has 5 nitrogen and oxygen atoms in total. The monoisotopic (exact) mass is 422 g/mol. The second kappa shape index (κ2) is 7.73. The van der Waals surface area contributed by atoms with E-state index in [9.17, 15) is 14.3 Å². The molecule has 0 radical (unpaired) electrons. The summed E-state index contributed by atoms with van der Waals surface area (Å²) < 4.78 is 20.4. The van der Waals surface area contributed by atoms with Crippen LogP contribution in [0.3, 0.4) is 0 Å². The number of halogens is 2. The van der Waals surface area contributed by atoms with Crippen LogP contribution >= 0.6 is 15.9 Å². The Hall–Kier alpha value is -1.96. The van der Waals surface area contributed by atoms with E-state index in [-0.39, 0.29) is 31.9 Å². The first-order valence-corrected chi connectivity index (χ1v) is 9.04. The number of ether oxygens (including phenoxy) is 1. The summed E-state index contributed by atoms with van der Waals surface area (Å²) in [6.07, 6.45) is -0.532. The summed E-state index contributed by atoms with van der Waals surface area (Å²) in [7, 11) is 0. The first kappa shape index (κ1) is 18.8. The van der Waals surface area contributed by atoms with Gasteiger partial charge in [0.25, 0.3) is 0 Å². The van der Waals surface area contributed by atoms with Crippen LogP contribution in [-0.2, 0) is 16.9 Å². The SMILES string of the molecule is NC1(c2cc(Br)ccc2F)CN(C(=O)OCc2ccccc2)CC1CO. The van der Waals surface area contributed by atoms with Crippen molar-refractivity contribution in [1.29, 1.82) is 0 Å². The predicted octanol–water partition coefficient (Wildman–Crippen LogP) is 3.00. The number of nitrogens with two attached hydrogens (primary N) is 1. The van der Waals surface area contributed by atoms with Gasteiger partial charge in [0, 0.05) is 35.7 Å². The van der Waals surface area contributed by atoms with Crippen LogP contribution in [-0.4, -0.2) is 35.8 Å². The van der Waals surface area contributed by atoms with Crippen molar-refractivity contribution in [1.82, 2.24) is 4.90 Å². The number of likely N-dealkylation sites (tertiary alicyclic amines) is 1. The van der Waals surface area contributed by atoms with Gasteiger partial charge in [-0.05, 0) is 23.8 Å². The van der Waals surface area contributed by atoms with Crippen LogP contribution < -0.4 is 5.73 Å². The van der Waals surface area contributed by atoms with Crippen LogP contribution in [0, 0.1) is 11.7 Å². The zero-order valence-corrected chi connectivity index (χ0v) is 15.7. The van der Waals surface area contributed by atoms with E-state index in [0.29, 0.717) is 4.47 Å². The fourth-order valence-corrected chi connectivity index (χ4v) is 3.63. The zero-order valence-electron chi connectivity index (χ0n) is 14.1. The maximum atomic E-state index is 14.4.